The van der Waals surface area contributed by atoms with Gasteiger partial charge in [0.05, 0.1) is 0 Å². The minimum absolute atomic E-state index is 0.381. The van der Waals surface area contributed by atoms with Crippen molar-refractivity contribution < 1.29 is 36.2 Å². The van der Waals surface area contributed by atoms with Crippen molar-refractivity contribution in [3.8, 4) is 22.6 Å². The topological polar surface area (TPSA) is 29.5 Å². The summed E-state index contributed by atoms with van der Waals surface area (Å²) in [5.41, 5.74) is -5.30. The Morgan fingerprint density at radius 2 is 0.966 bits per heavy atom. The molecular weight excluding hydrogens is 398 g/mol. The van der Waals surface area contributed by atoms with Crippen LogP contribution in [0.4, 0.5) is 26.3 Å². The molecule has 0 aliphatic rings. The molecule has 2 nitrogen and oxygen atoms in total. The maximum atomic E-state index is 12.9. The first-order valence-electron chi connectivity index (χ1n) is 8.32. The molecular formula is C21H14F6O2. The molecule has 0 unspecified atom stereocenters. The highest BCUT2D eigenvalue weighted by Gasteiger charge is 2.71. The van der Waals surface area contributed by atoms with Crippen LogP contribution in [0.2, 0.25) is 0 Å². The van der Waals surface area contributed by atoms with Gasteiger partial charge >= 0.3 is 12.4 Å². The number of aliphatic hydroxyl groups is 1. The lowest BCUT2D eigenvalue weighted by Gasteiger charge is -2.32. The molecule has 0 saturated carbocycles. The lowest BCUT2D eigenvalue weighted by atomic mass is 9.90. The van der Waals surface area contributed by atoms with Crippen LogP contribution in [-0.4, -0.2) is 17.5 Å². The minimum Gasteiger partial charge on any atom is -0.457 e. The van der Waals surface area contributed by atoms with Gasteiger partial charge in [-0.1, -0.05) is 54.6 Å². The van der Waals surface area contributed by atoms with Gasteiger partial charge in [-0.15, -0.1) is 0 Å². The molecule has 29 heavy (non-hydrogen) atoms. The van der Waals surface area contributed by atoms with Crippen LogP contribution in [0.3, 0.4) is 0 Å². The average molecular weight is 412 g/mol. The van der Waals surface area contributed by atoms with Crippen LogP contribution in [0, 0.1) is 0 Å². The van der Waals surface area contributed by atoms with E-state index >= 15 is 0 Å². The first kappa shape index (κ1) is 20.7. The van der Waals surface area contributed by atoms with Crippen molar-refractivity contribution >= 4 is 0 Å². The Balaban J connectivity index is 1.85. The second-order valence-electron chi connectivity index (χ2n) is 6.22. The molecule has 0 atom stereocenters. The summed E-state index contributed by atoms with van der Waals surface area (Å²) in [4.78, 5) is 0. The normalized spacial score (nSPS) is 12.7. The Bertz CT molecular complexity index is 932. The van der Waals surface area contributed by atoms with Crippen LogP contribution in [0.15, 0.2) is 78.9 Å². The fourth-order valence-corrected chi connectivity index (χ4v) is 2.73. The van der Waals surface area contributed by atoms with E-state index in [1.54, 1.807) is 48.5 Å². The number of halogens is 6. The summed E-state index contributed by atoms with van der Waals surface area (Å²) < 4.78 is 83.3. The van der Waals surface area contributed by atoms with E-state index in [9.17, 15) is 31.4 Å². The van der Waals surface area contributed by atoms with Crippen LogP contribution >= 0.6 is 0 Å². The van der Waals surface area contributed by atoms with Crippen molar-refractivity contribution in [1.29, 1.82) is 0 Å². The number of ether oxygens (including phenoxy) is 1. The number of rotatable bonds is 4. The molecule has 0 fully saturated rings. The highest BCUT2D eigenvalue weighted by molar-refractivity contribution is 5.64. The molecule has 8 heteroatoms. The maximum Gasteiger partial charge on any atom is 0.430 e. The summed E-state index contributed by atoms with van der Waals surface area (Å²) in [6.45, 7) is 0. The van der Waals surface area contributed by atoms with Gasteiger partial charge in [0.1, 0.15) is 11.5 Å². The van der Waals surface area contributed by atoms with Crippen molar-refractivity contribution in [2.75, 3.05) is 0 Å². The van der Waals surface area contributed by atoms with Crippen LogP contribution in [0.5, 0.6) is 11.5 Å². The molecule has 3 aromatic rings. The number of alkyl halides is 6. The van der Waals surface area contributed by atoms with Crippen LogP contribution in [0.1, 0.15) is 5.56 Å². The van der Waals surface area contributed by atoms with Gasteiger partial charge in [0.25, 0.3) is 5.60 Å². The van der Waals surface area contributed by atoms with E-state index in [0.29, 0.717) is 34.8 Å². The number of para-hydroxylation sites is 1. The van der Waals surface area contributed by atoms with Crippen molar-refractivity contribution in [1.82, 2.24) is 0 Å². The standard InChI is InChI=1S/C21H14F6O2/c22-20(23,24)19(28,21(25,26)27)16-10-6-14(7-11-16)15-8-12-18(13-9-15)29-17-4-2-1-3-5-17/h1-13,28H. The first-order chi connectivity index (χ1) is 13.5. The van der Waals surface area contributed by atoms with Gasteiger partial charge in [0, 0.05) is 5.56 Å². The number of benzene rings is 3. The van der Waals surface area contributed by atoms with Gasteiger partial charge in [-0.3, -0.25) is 0 Å². The predicted molar refractivity (Wildman–Crippen MR) is 94.4 cm³/mol. The molecule has 3 aromatic carbocycles. The molecule has 3 rings (SSSR count). The second-order valence-corrected chi connectivity index (χ2v) is 6.22. The lowest BCUT2D eigenvalue weighted by Crippen LogP contribution is -2.53. The van der Waals surface area contributed by atoms with E-state index in [4.69, 9.17) is 4.74 Å². The highest BCUT2D eigenvalue weighted by atomic mass is 19.4. The quantitative estimate of drug-likeness (QED) is 0.499. The van der Waals surface area contributed by atoms with Crippen molar-refractivity contribution in [2.24, 2.45) is 0 Å². The van der Waals surface area contributed by atoms with Gasteiger partial charge in [-0.2, -0.15) is 26.3 Å². The maximum absolute atomic E-state index is 12.9. The SMILES string of the molecule is OC(c1ccc(-c2ccc(Oc3ccccc3)cc2)cc1)(C(F)(F)F)C(F)(F)F. The monoisotopic (exact) mass is 412 g/mol. The zero-order chi connectivity index (χ0) is 21.3. The highest BCUT2D eigenvalue weighted by Crippen LogP contribution is 2.50. The number of hydrogen-bond donors (Lipinski definition) is 1. The predicted octanol–water partition coefficient (Wildman–Crippen LogP) is 6.46. The Hall–Kier alpha value is -3.00. The molecule has 0 bridgehead atoms. The van der Waals surface area contributed by atoms with E-state index < -0.39 is 23.5 Å². The molecule has 0 heterocycles. The summed E-state index contributed by atoms with van der Waals surface area (Å²) in [5.74, 6) is 1.13. The van der Waals surface area contributed by atoms with Crippen molar-refractivity contribution in [3.05, 3.63) is 84.4 Å². The zero-order valence-electron chi connectivity index (χ0n) is 14.6. The van der Waals surface area contributed by atoms with Crippen molar-refractivity contribution in [2.45, 2.75) is 18.0 Å². The van der Waals surface area contributed by atoms with Gasteiger partial charge in [0.2, 0.25) is 0 Å². The summed E-state index contributed by atoms with van der Waals surface area (Å²) >= 11 is 0. The van der Waals surface area contributed by atoms with E-state index in [2.05, 4.69) is 0 Å². The lowest BCUT2D eigenvalue weighted by molar-refractivity contribution is -0.376. The van der Waals surface area contributed by atoms with E-state index in [1.165, 1.54) is 0 Å². The Morgan fingerprint density at radius 1 is 0.552 bits per heavy atom. The first-order valence-corrected chi connectivity index (χ1v) is 8.32. The third-order valence-electron chi connectivity index (χ3n) is 4.29. The third-order valence-corrected chi connectivity index (χ3v) is 4.29. The molecule has 0 spiro atoms. The molecule has 0 radical (unpaired) electrons. The van der Waals surface area contributed by atoms with Crippen LogP contribution < -0.4 is 4.74 Å². The third kappa shape index (κ3) is 4.07. The zero-order valence-corrected chi connectivity index (χ0v) is 14.6. The smallest absolute Gasteiger partial charge is 0.430 e. The molecule has 0 aliphatic carbocycles. The molecule has 1 N–H and O–H groups in total. The van der Waals surface area contributed by atoms with E-state index in [-0.39, 0.29) is 0 Å². The minimum atomic E-state index is -5.91. The molecule has 152 valence electrons. The van der Waals surface area contributed by atoms with Crippen LogP contribution in [-0.2, 0) is 5.60 Å². The summed E-state index contributed by atoms with van der Waals surface area (Å²) in [5, 5.41) is 9.43. The summed E-state index contributed by atoms with van der Waals surface area (Å²) in [6, 6.07) is 18.8. The summed E-state index contributed by atoms with van der Waals surface area (Å²) in [6.07, 6.45) is -11.8. The second kappa shape index (κ2) is 7.44. The molecule has 0 aliphatic heterocycles. The fraction of sp³-hybridized carbons (Fsp3) is 0.143. The van der Waals surface area contributed by atoms with Gasteiger partial charge in [0.15, 0.2) is 0 Å². The van der Waals surface area contributed by atoms with Gasteiger partial charge < -0.3 is 9.84 Å². The van der Waals surface area contributed by atoms with Gasteiger partial charge in [-0.25, -0.2) is 0 Å². The summed E-state index contributed by atoms with van der Waals surface area (Å²) in [7, 11) is 0. The van der Waals surface area contributed by atoms with E-state index in [1.807, 2.05) is 6.07 Å². The average Bonchev–Trinajstić information content (AvgIpc) is 2.67. The fourth-order valence-electron chi connectivity index (χ4n) is 2.73. The molecule has 0 aromatic heterocycles. The van der Waals surface area contributed by atoms with Crippen molar-refractivity contribution in [3.63, 3.8) is 0 Å². The number of hydrogen-bond acceptors (Lipinski definition) is 2. The molecule has 0 amide bonds. The van der Waals surface area contributed by atoms with Crippen LogP contribution in [0.25, 0.3) is 11.1 Å². The van der Waals surface area contributed by atoms with Gasteiger partial charge in [-0.05, 0) is 35.4 Å². The molecule has 0 saturated heterocycles. The van der Waals surface area contributed by atoms with E-state index in [0.717, 1.165) is 12.1 Å². The Kier molecular flexibility index (Phi) is 5.32. The largest absolute Gasteiger partial charge is 0.457 e. The Morgan fingerprint density at radius 3 is 1.41 bits per heavy atom. The Labute approximate surface area is 162 Å².